The molecule has 0 amide bonds. The Morgan fingerprint density at radius 1 is 0.828 bits per heavy atom. The number of methoxy groups -OCH3 is 1. The van der Waals surface area contributed by atoms with Crippen molar-refractivity contribution in [3.05, 3.63) is 90.0 Å². The van der Waals surface area contributed by atoms with Crippen LogP contribution in [0.25, 0.3) is 0 Å². The molecule has 0 atom stereocenters. The van der Waals surface area contributed by atoms with Gasteiger partial charge in [0.25, 0.3) is 0 Å². The smallest absolute Gasteiger partial charge is 0.119 e. The van der Waals surface area contributed by atoms with Gasteiger partial charge in [-0.3, -0.25) is 0 Å². The van der Waals surface area contributed by atoms with Crippen LogP contribution in [0, 0.1) is 0 Å². The summed E-state index contributed by atoms with van der Waals surface area (Å²) in [6.07, 6.45) is 0. The third kappa shape index (κ3) is 5.09. The van der Waals surface area contributed by atoms with Crippen LogP contribution >= 0.6 is 0 Å². The first-order valence-corrected chi connectivity index (χ1v) is 10.2. The van der Waals surface area contributed by atoms with Gasteiger partial charge < -0.3 is 19.3 Å². The third-order valence-electron chi connectivity index (χ3n) is 5.31. The first kappa shape index (κ1) is 19.3. The largest absolute Gasteiger partial charge is 0.497 e. The van der Waals surface area contributed by atoms with E-state index in [0.29, 0.717) is 0 Å². The lowest BCUT2D eigenvalue weighted by Crippen LogP contribution is -2.36. The fraction of sp³-hybridized carbons (Fsp3) is 0.280. The monoisotopic (exact) mass is 388 g/mol. The van der Waals surface area contributed by atoms with Gasteiger partial charge in [-0.15, -0.1) is 0 Å². The van der Waals surface area contributed by atoms with Gasteiger partial charge >= 0.3 is 0 Å². The maximum Gasteiger partial charge on any atom is 0.119 e. The molecule has 1 aliphatic rings. The van der Waals surface area contributed by atoms with Gasteiger partial charge in [0.15, 0.2) is 0 Å². The number of ether oxygens (including phenoxy) is 2. The number of hydrogen-bond acceptors (Lipinski definition) is 4. The quantitative estimate of drug-likeness (QED) is 0.584. The molecule has 4 rings (SSSR count). The Kier molecular flexibility index (Phi) is 6.32. The zero-order valence-electron chi connectivity index (χ0n) is 17.0. The highest BCUT2D eigenvalue weighted by molar-refractivity contribution is 5.51. The third-order valence-corrected chi connectivity index (χ3v) is 5.31. The summed E-state index contributed by atoms with van der Waals surface area (Å²) in [5.41, 5.74) is 5.02. The minimum Gasteiger partial charge on any atom is -0.497 e. The Morgan fingerprint density at radius 3 is 2.28 bits per heavy atom. The molecule has 4 nitrogen and oxygen atoms in total. The summed E-state index contributed by atoms with van der Waals surface area (Å²) in [5.74, 6) is 0.894. The molecule has 0 spiro atoms. The van der Waals surface area contributed by atoms with Crippen molar-refractivity contribution in [1.29, 1.82) is 0 Å². The van der Waals surface area contributed by atoms with Crippen molar-refractivity contribution < 1.29 is 9.47 Å². The second kappa shape index (κ2) is 9.48. The predicted molar refractivity (Wildman–Crippen MR) is 119 cm³/mol. The van der Waals surface area contributed by atoms with E-state index >= 15 is 0 Å². The lowest BCUT2D eigenvalue weighted by atomic mass is 10.1. The summed E-state index contributed by atoms with van der Waals surface area (Å²) in [6, 6.07) is 27.8. The SMILES string of the molecule is COc1cccc(CN(Cc2ccc(N3CCOCC3)cc2)c2ccccc2)c1. The zero-order valence-corrected chi connectivity index (χ0v) is 17.0. The van der Waals surface area contributed by atoms with Gasteiger partial charge in [0.1, 0.15) is 5.75 Å². The molecule has 0 aromatic heterocycles. The summed E-state index contributed by atoms with van der Waals surface area (Å²) in [4.78, 5) is 4.79. The molecule has 0 N–H and O–H groups in total. The standard InChI is InChI=1S/C25H28N2O2/c1-28-25-9-5-6-22(18-25)20-27(23-7-3-2-4-8-23)19-21-10-12-24(13-11-21)26-14-16-29-17-15-26/h2-13,18H,14-17,19-20H2,1H3. The van der Waals surface area contributed by atoms with Crippen LogP contribution in [0.2, 0.25) is 0 Å². The van der Waals surface area contributed by atoms with Gasteiger partial charge in [-0.1, -0.05) is 42.5 Å². The van der Waals surface area contributed by atoms with E-state index in [1.807, 2.05) is 6.07 Å². The fourth-order valence-corrected chi connectivity index (χ4v) is 3.72. The van der Waals surface area contributed by atoms with Crippen LogP contribution < -0.4 is 14.5 Å². The highest BCUT2D eigenvalue weighted by atomic mass is 16.5. The number of benzene rings is 3. The topological polar surface area (TPSA) is 24.9 Å². The number of morpholine rings is 1. The van der Waals surface area contributed by atoms with Crippen LogP contribution in [0.4, 0.5) is 11.4 Å². The molecule has 0 bridgehead atoms. The Morgan fingerprint density at radius 2 is 1.55 bits per heavy atom. The van der Waals surface area contributed by atoms with Gasteiger partial charge in [-0.05, 0) is 47.5 Å². The molecule has 1 fully saturated rings. The van der Waals surface area contributed by atoms with Crippen LogP contribution in [-0.2, 0) is 17.8 Å². The number of hydrogen-bond donors (Lipinski definition) is 0. The van der Waals surface area contributed by atoms with Crippen LogP contribution in [0.15, 0.2) is 78.9 Å². The summed E-state index contributed by atoms with van der Waals surface area (Å²) < 4.78 is 10.9. The van der Waals surface area contributed by atoms with Gasteiger partial charge in [-0.25, -0.2) is 0 Å². The number of para-hydroxylation sites is 1. The van der Waals surface area contributed by atoms with E-state index in [1.54, 1.807) is 7.11 Å². The Balaban J connectivity index is 1.52. The molecule has 4 heteroatoms. The highest BCUT2D eigenvalue weighted by Gasteiger charge is 2.12. The first-order chi connectivity index (χ1) is 14.3. The molecule has 0 aliphatic carbocycles. The highest BCUT2D eigenvalue weighted by Crippen LogP contribution is 2.23. The van der Waals surface area contributed by atoms with Crippen molar-refractivity contribution in [2.75, 3.05) is 43.2 Å². The van der Waals surface area contributed by atoms with Crippen molar-refractivity contribution in [2.24, 2.45) is 0 Å². The van der Waals surface area contributed by atoms with Crippen LogP contribution in [0.1, 0.15) is 11.1 Å². The van der Waals surface area contributed by atoms with Crippen molar-refractivity contribution in [3.8, 4) is 5.75 Å². The van der Waals surface area contributed by atoms with Crippen LogP contribution in [0.3, 0.4) is 0 Å². The molecule has 3 aromatic carbocycles. The normalized spacial score (nSPS) is 13.9. The molecular formula is C25H28N2O2. The second-order valence-electron chi connectivity index (χ2n) is 7.31. The minimum absolute atomic E-state index is 0.810. The van der Waals surface area contributed by atoms with Crippen molar-refractivity contribution in [2.45, 2.75) is 13.1 Å². The Bertz CT molecular complexity index is 890. The molecule has 1 saturated heterocycles. The van der Waals surface area contributed by atoms with E-state index in [2.05, 4.69) is 82.6 Å². The van der Waals surface area contributed by atoms with E-state index in [-0.39, 0.29) is 0 Å². The summed E-state index contributed by atoms with van der Waals surface area (Å²) in [7, 11) is 1.71. The lowest BCUT2D eigenvalue weighted by Gasteiger charge is -2.29. The molecule has 0 unspecified atom stereocenters. The maximum atomic E-state index is 5.46. The van der Waals surface area contributed by atoms with Crippen molar-refractivity contribution >= 4 is 11.4 Å². The number of rotatable bonds is 7. The maximum absolute atomic E-state index is 5.46. The van der Waals surface area contributed by atoms with Gasteiger partial charge in [0.2, 0.25) is 0 Å². The zero-order chi connectivity index (χ0) is 19.9. The van der Waals surface area contributed by atoms with E-state index in [0.717, 1.165) is 45.1 Å². The van der Waals surface area contributed by atoms with E-state index in [1.165, 1.54) is 22.5 Å². The fourth-order valence-electron chi connectivity index (χ4n) is 3.72. The van der Waals surface area contributed by atoms with E-state index < -0.39 is 0 Å². The average molecular weight is 389 g/mol. The predicted octanol–water partition coefficient (Wildman–Crippen LogP) is 4.74. The molecule has 0 radical (unpaired) electrons. The van der Waals surface area contributed by atoms with Gasteiger partial charge in [-0.2, -0.15) is 0 Å². The Labute approximate surface area is 173 Å². The summed E-state index contributed by atoms with van der Waals surface area (Å²) in [6.45, 7) is 5.22. The summed E-state index contributed by atoms with van der Waals surface area (Å²) >= 11 is 0. The minimum atomic E-state index is 0.810. The average Bonchev–Trinajstić information content (AvgIpc) is 2.80. The molecule has 150 valence electrons. The number of nitrogens with zero attached hydrogens (tertiary/aromatic N) is 2. The molecule has 1 aliphatic heterocycles. The van der Waals surface area contributed by atoms with Gasteiger partial charge in [0, 0.05) is 37.6 Å². The van der Waals surface area contributed by atoms with Crippen molar-refractivity contribution in [1.82, 2.24) is 0 Å². The van der Waals surface area contributed by atoms with Crippen LogP contribution in [-0.4, -0.2) is 33.4 Å². The molecule has 29 heavy (non-hydrogen) atoms. The summed E-state index contributed by atoms with van der Waals surface area (Å²) in [5, 5.41) is 0. The lowest BCUT2D eigenvalue weighted by molar-refractivity contribution is 0.122. The molecule has 0 saturated carbocycles. The van der Waals surface area contributed by atoms with Gasteiger partial charge in [0.05, 0.1) is 20.3 Å². The molecule has 1 heterocycles. The van der Waals surface area contributed by atoms with E-state index in [9.17, 15) is 0 Å². The van der Waals surface area contributed by atoms with Crippen molar-refractivity contribution in [3.63, 3.8) is 0 Å². The van der Waals surface area contributed by atoms with Crippen LogP contribution in [0.5, 0.6) is 5.75 Å². The van der Waals surface area contributed by atoms with E-state index in [4.69, 9.17) is 9.47 Å². The Hall–Kier alpha value is -2.98. The first-order valence-electron chi connectivity index (χ1n) is 10.2. The number of anilines is 2. The molecular weight excluding hydrogens is 360 g/mol. The molecule has 3 aromatic rings. The second-order valence-corrected chi connectivity index (χ2v) is 7.31.